The van der Waals surface area contributed by atoms with Crippen molar-refractivity contribution in [2.75, 3.05) is 32.8 Å². The minimum atomic E-state index is 0.258. The first-order chi connectivity index (χ1) is 9.29. The molecule has 2 saturated heterocycles. The first-order valence-electron chi connectivity index (χ1n) is 8.32. The fourth-order valence-corrected chi connectivity index (χ4v) is 4.66. The second kappa shape index (κ2) is 5.71. The van der Waals surface area contributed by atoms with Crippen LogP contribution in [0.25, 0.3) is 0 Å². The number of hydrogen-bond donors (Lipinski definition) is 1. The normalized spacial score (nSPS) is 31.4. The molecule has 0 atom stereocenters. The zero-order valence-electron chi connectivity index (χ0n) is 12.3. The Kier molecular flexibility index (Phi) is 4.16. The Bertz CT molecular complexity index is 283. The maximum Gasteiger partial charge on any atom is 0.0484 e. The molecule has 0 amide bonds. The van der Waals surface area contributed by atoms with Crippen LogP contribution in [-0.2, 0) is 4.74 Å². The standard InChI is InChI=1S/C16H30N2O/c17-14-16(8-12-19-13-9-16)18-10-6-15(7-11-18)4-2-1-3-5-15/h1-14,17H2. The lowest BCUT2D eigenvalue weighted by atomic mass is 9.67. The maximum atomic E-state index is 6.14. The maximum absolute atomic E-state index is 6.14. The van der Waals surface area contributed by atoms with Gasteiger partial charge < -0.3 is 10.5 Å². The van der Waals surface area contributed by atoms with E-state index in [0.29, 0.717) is 5.41 Å². The molecule has 2 N–H and O–H groups in total. The Balaban J connectivity index is 1.62. The van der Waals surface area contributed by atoms with E-state index in [0.717, 1.165) is 32.6 Å². The number of likely N-dealkylation sites (tertiary alicyclic amines) is 1. The lowest BCUT2D eigenvalue weighted by molar-refractivity contribution is -0.0547. The minimum absolute atomic E-state index is 0.258. The van der Waals surface area contributed by atoms with Crippen molar-refractivity contribution in [3.05, 3.63) is 0 Å². The summed E-state index contributed by atoms with van der Waals surface area (Å²) in [6.07, 6.45) is 12.5. The van der Waals surface area contributed by atoms with E-state index >= 15 is 0 Å². The van der Waals surface area contributed by atoms with E-state index in [2.05, 4.69) is 4.90 Å². The summed E-state index contributed by atoms with van der Waals surface area (Å²) in [5, 5.41) is 0. The number of ether oxygens (including phenoxy) is 1. The van der Waals surface area contributed by atoms with Gasteiger partial charge in [-0.3, -0.25) is 4.90 Å². The van der Waals surface area contributed by atoms with Gasteiger partial charge in [-0.1, -0.05) is 19.3 Å². The van der Waals surface area contributed by atoms with E-state index in [-0.39, 0.29) is 5.54 Å². The largest absolute Gasteiger partial charge is 0.381 e. The van der Waals surface area contributed by atoms with Gasteiger partial charge in [0.2, 0.25) is 0 Å². The highest BCUT2D eigenvalue weighted by atomic mass is 16.5. The van der Waals surface area contributed by atoms with Gasteiger partial charge in [-0.2, -0.15) is 0 Å². The van der Waals surface area contributed by atoms with Gasteiger partial charge in [0.1, 0.15) is 0 Å². The molecule has 2 heterocycles. The fraction of sp³-hybridized carbons (Fsp3) is 1.00. The molecule has 0 aromatic heterocycles. The van der Waals surface area contributed by atoms with Crippen molar-refractivity contribution in [1.82, 2.24) is 4.90 Å². The van der Waals surface area contributed by atoms with E-state index in [9.17, 15) is 0 Å². The fourth-order valence-electron chi connectivity index (χ4n) is 4.66. The Morgan fingerprint density at radius 3 is 2.05 bits per heavy atom. The van der Waals surface area contributed by atoms with Crippen LogP contribution >= 0.6 is 0 Å². The quantitative estimate of drug-likeness (QED) is 0.835. The van der Waals surface area contributed by atoms with Crippen LogP contribution in [-0.4, -0.2) is 43.3 Å². The van der Waals surface area contributed by atoms with Crippen LogP contribution in [0.5, 0.6) is 0 Å². The zero-order valence-corrected chi connectivity index (χ0v) is 12.3. The Morgan fingerprint density at radius 2 is 1.47 bits per heavy atom. The van der Waals surface area contributed by atoms with Crippen molar-refractivity contribution in [2.24, 2.45) is 11.1 Å². The SMILES string of the molecule is NCC1(N2CCC3(CCCCC3)CC2)CCOCC1. The molecule has 3 aliphatic rings. The average molecular weight is 266 g/mol. The average Bonchev–Trinajstić information content (AvgIpc) is 2.49. The minimum Gasteiger partial charge on any atom is -0.381 e. The van der Waals surface area contributed by atoms with Crippen LogP contribution in [0.1, 0.15) is 57.8 Å². The molecule has 0 aromatic rings. The summed E-state index contributed by atoms with van der Waals surface area (Å²) < 4.78 is 5.54. The van der Waals surface area contributed by atoms with Gasteiger partial charge in [-0.25, -0.2) is 0 Å². The van der Waals surface area contributed by atoms with Gasteiger partial charge in [0, 0.05) is 25.3 Å². The van der Waals surface area contributed by atoms with Crippen LogP contribution in [0.4, 0.5) is 0 Å². The molecule has 3 fully saturated rings. The summed E-state index contributed by atoms with van der Waals surface area (Å²) >= 11 is 0. The summed E-state index contributed by atoms with van der Waals surface area (Å²) in [6.45, 7) is 5.16. The molecule has 0 radical (unpaired) electrons. The predicted octanol–water partition coefficient (Wildman–Crippen LogP) is 2.54. The molecule has 19 heavy (non-hydrogen) atoms. The number of nitrogens with two attached hydrogens (primary N) is 1. The highest BCUT2D eigenvalue weighted by Crippen LogP contribution is 2.46. The van der Waals surface area contributed by atoms with Crippen molar-refractivity contribution < 1.29 is 4.74 Å². The third kappa shape index (κ3) is 2.70. The van der Waals surface area contributed by atoms with E-state index in [1.807, 2.05) is 0 Å². The van der Waals surface area contributed by atoms with Gasteiger partial charge in [-0.15, -0.1) is 0 Å². The number of nitrogens with zero attached hydrogens (tertiary/aromatic N) is 1. The van der Waals surface area contributed by atoms with E-state index in [1.165, 1.54) is 58.0 Å². The van der Waals surface area contributed by atoms with Gasteiger partial charge in [0.25, 0.3) is 0 Å². The summed E-state index contributed by atoms with van der Waals surface area (Å²) in [6, 6.07) is 0. The zero-order chi connectivity index (χ0) is 13.2. The number of rotatable bonds is 2. The highest BCUT2D eigenvalue weighted by molar-refractivity contribution is 4.98. The lowest BCUT2D eigenvalue weighted by Gasteiger charge is -2.52. The monoisotopic (exact) mass is 266 g/mol. The molecule has 110 valence electrons. The second-order valence-corrected chi connectivity index (χ2v) is 7.09. The van der Waals surface area contributed by atoms with Crippen LogP contribution in [0, 0.1) is 5.41 Å². The summed E-state index contributed by atoms with van der Waals surface area (Å²) in [4.78, 5) is 2.72. The first-order valence-corrected chi connectivity index (χ1v) is 8.32. The van der Waals surface area contributed by atoms with Gasteiger partial charge in [0.15, 0.2) is 0 Å². The Morgan fingerprint density at radius 1 is 0.842 bits per heavy atom. The summed E-state index contributed by atoms with van der Waals surface area (Å²) in [5.41, 5.74) is 7.10. The molecular weight excluding hydrogens is 236 g/mol. The van der Waals surface area contributed by atoms with Crippen LogP contribution < -0.4 is 5.73 Å². The van der Waals surface area contributed by atoms with Crippen LogP contribution in [0.15, 0.2) is 0 Å². The van der Waals surface area contributed by atoms with Crippen LogP contribution in [0.2, 0.25) is 0 Å². The van der Waals surface area contributed by atoms with Crippen molar-refractivity contribution in [1.29, 1.82) is 0 Å². The molecule has 2 aliphatic heterocycles. The Hall–Kier alpha value is -0.120. The predicted molar refractivity (Wildman–Crippen MR) is 78.2 cm³/mol. The van der Waals surface area contributed by atoms with E-state index < -0.39 is 0 Å². The molecule has 3 heteroatoms. The molecule has 0 aromatic carbocycles. The van der Waals surface area contributed by atoms with Crippen LogP contribution in [0.3, 0.4) is 0 Å². The molecule has 3 nitrogen and oxygen atoms in total. The first kappa shape index (κ1) is 13.8. The number of piperidine rings is 1. The summed E-state index contributed by atoms with van der Waals surface area (Å²) in [5.74, 6) is 0. The molecule has 0 unspecified atom stereocenters. The van der Waals surface area contributed by atoms with Gasteiger partial charge >= 0.3 is 0 Å². The molecule has 3 rings (SSSR count). The second-order valence-electron chi connectivity index (χ2n) is 7.09. The van der Waals surface area contributed by atoms with E-state index in [1.54, 1.807) is 0 Å². The third-order valence-electron chi connectivity index (χ3n) is 6.21. The van der Waals surface area contributed by atoms with Crippen molar-refractivity contribution in [3.63, 3.8) is 0 Å². The smallest absolute Gasteiger partial charge is 0.0484 e. The third-order valence-corrected chi connectivity index (χ3v) is 6.21. The van der Waals surface area contributed by atoms with Crippen molar-refractivity contribution in [3.8, 4) is 0 Å². The number of hydrogen-bond acceptors (Lipinski definition) is 3. The molecule has 1 saturated carbocycles. The van der Waals surface area contributed by atoms with Gasteiger partial charge in [0.05, 0.1) is 0 Å². The van der Waals surface area contributed by atoms with Crippen molar-refractivity contribution >= 4 is 0 Å². The van der Waals surface area contributed by atoms with Crippen molar-refractivity contribution in [2.45, 2.75) is 63.3 Å². The van der Waals surface area contributed by atoms with Gasteiger partial charge in [-0.05, 0) is 57.0 Å². The Labute approximate surface area is 117 Å². The highest BCUT2D eigenvalue weighted by Gasteiger charge is 2.43. The van der Waals surface area contributed by atoms with E-state index in [4.69, 9.17) is 10.5 Å². The molecule has 1 aliphatic carbocycles. The molecule has 0 bridgehead atoms. The molecular formula is C16H30N2O. The lowest BCUT2D eigenvalue weighted by Crippen LogP contribution is -2.60. The molecule has 1 spiro atoms. The summed E-state index contributed by atoms with van der Waals surface area (Å²) in [7, 11) is 0. The topological polar surface area (TPSA) is 38.5 Å².